The van der Waals surface area contributed by atoms with Crippen LogP contribution < -0.4 is 15.4 Å². The summed E-state index contributed by atoms with van der Waals surface area (Å²) in [6, 6.07) is 5.66. The number of hydrogen-bond acceptors (Lipinski definition) is 5. The average molecular weight is 551 g/mol. The van der Waals surface area contributed by atoms with E-state index >= 15 is 0 Å². The second-order valence-electron chi connectivity index (χ2n) is 7.02. The molecule has 30 heavy (non-hydrogen) atoms. The molecule has 170 valence electrons. The van der Waals surface area contributed by atoms with Crippen molar-refractivity contribution >= 4 is 46.7 Å². The van der Waals surface area contributed by atoms with Crippen LogP contribution in [0.15, 0.2) is 23.2 Å². The third-order valence-corrected chi connectivity index (χ3v) is 6.80. The molecule has 1 aliphatic carbocycles. The number of rotatable bonds is 8. The van der Waals surface area contributed by atoms with Gasteiger partial charge in [0.1, 0.15) is 11.3 Å². The van der Waals surface area contributed by atoms with Crippen LogP contribution in [0.1, 0.15) is 55.5 Å². The maximum absolute atomic E-state index is 12.2. The second-order valence-corrected chi connectivity index (χ2v) is 9.03. The Hall–Kier alpha value is -1.36. The monoisotopic (exact) mass is 551 g/mol. The highest BCUT2D eigenvalue weighted by Crippen LogP contribution is 2.23. The summed E-state index contributed by atoms with van der Waals surface area (Å²) in [5.41, 5.74) is 1.27. The molecule has 3 atom stereocenters. The number of nitrogens with one attached hydrogen (secondary N) is 2. The van der Waals surface area contributed by atoms with Crippen molar-refractivity contribution in [3.63, 3.8) is 0 Å². The molecule has 0 bridgehead atoms. The van der Waals surface area contributed by atoms with Crippen LogP contribution in [0, 0.1) is 0 Å². The predicted molar refractivity (Wildman–Crippen MR) is 132 cm³/mol. The van der Waals surface area contributed by atoms with Crippen LogP contribution in [0.2, 0.25) is 0 Å². The molecule has 1 saturated carbocycles. The van der Waals surface area contributed by atoms with E-state index in [1.165, 1.54) is 14.2 Å². The van der Waals surface area contributed by atoms with Crippen molar-refractivity contribution in [1.29, 1.82) is 0 Å². The number of carbonyl (C=O) groups is 1. The van der Waals surface area contributed by atoms with Crippen LogP contribution in [0.4, 0.5) is 0 Å². The molecule has 3 unspecified atom stereocenters. The highest BCUT2D eigenvalue weighted by atomic mass is 127. The van der Waals surface area contributed by atoms with E-state index in [4.69, 9.17) is 9.47 Å². The fourth-order valence-electron chi connectivity index (χ4n) is 3.56. The number of methoxy groups -OCH3 is 2. The predicted octanol–water partition coefficient (Wildman–Crippen LogP) is 3.23. The molecule has 9 heteroatoms. The van der Waals surface area contributed by atoms with Crippen molar-refractivity contribution < 1.29 is 18.5 Å². The quantitative estimate of drug-likeness (QED) is 0.223. The Morgan fingerprint density at radius 1 is 1.27 bits per heavy atom. The standard InChI is InChI=1S/C21H33N3O4S.HI/c1-5-22-21(24-16-8-7-9-17(13-16)29(26)6-2)23-14-15-10-11-19(27-3)18(12-15)20(25)28-4;/h10-12,16-17H,5-9,13-14H2,1-4H3,(H2,22,23,24);1H. The fraction of sp³-hybridized carbons (Fsp3) is 0.619. The van der Waals surface area contributed by atoms with Crippen LogP contribution in [0.25, 0.3) is 0 Å². The molecule has 0 spiro atoms. The molecule has 1 fully saturated rings. The van der Waals surface area contributed by atoms with E-state index in [2.05, 4.69) is 15.6 Å². The lowest BCUT2D eigenvalue weighted by molar-refractivity contribution is 0.0597. The third kappa shape index (κ3) is 7.72. The molecule has 0 aliphatic heterocycles. The molecule has 2 N–H and O–H groups in total. The van der Waals surface area contributed by atoms with Crippen LogP contribution in [-0.4, -0.2) is 53.9 Å². The lowest BCUT2D eigenvalue weighted by Gasteiger charge is -2.30. The Morgan fingerprint density at radius 2 is 2.03 bits per heavy atom. The van der Waals surface area contributed by atoms with E-state index in [0.717, 1.165) is 43.8 Å². The van der Waals surface area contributed by atoms with Crippen molar-refractivity contribution in [1.82, 2.24) is 10.6 Å². The van der Waals surface area contributed by atoms with E-state index in [-0.39, 0.29) is 35.3 Å². The van der Waals surface area contributed by atoms with Crippen LogP contribution in [0.5, 0.6) is 5.75 Å². The van der Waals surface area contributed by atoms with Crippen molar-refractivity contribution in [2.24, 2.45) is 4.99 Å². The van der Waals surface area contributed by atoms with E-state index in [9.17, 15) is 9.00 Å². The molecule has 2 rings (SSSR count). The maximum Gasteiger partial charge on any atom is 0.341 e. The van der Waals surface area contributed by atoms with Crippen LogP contribution in [-0.2, 0) is 22.1 Å². The smallest absolute Gasteiger partial charge is 0.341 e. The van der Waals surface area contributed by atoms with Gasteiger partial charge in [0.15, 0.2) is 5.96 Å². The van der Waals surface area contributed by atoms with Gasteiger partial charge in [-0.2, -0.15) is 0 Å². The van der Waals surface area contributed by atoms with Gasteiger partial charge in [-0.3, -0.25) is 4.21 Å². The zero-order chi connectivity index (χ0) is 21.2. The average Bonchev–Trinajstić information content (AvgIpc) is 2.76. The molecule has 0 heterocycles. The molecular weight excluding hydrogens is 517 g/mol. The van der Waals surface area contributed by atoms with E-state index < -0.39 is 16.8 Å². The minimum atomic E-state index is -0.754. The van der Waals surface area contributed by atoms with Gasteiger partial charge in [-0.1, -0.05) is 19.4 Å². The maximum atomic E-state index is 12.2. The van der Waals surface area contributed by atoms with Gasteiger partial charge < -0.3 is 20.1 Å². The minimum Gasteiger partial charge on any atom is -0.496 e. The van der Waals surface area contributed by atoms with Crippen molar-refractivity contribution in [3.8, 4) is 5.75 Å². The summed E-state index contributed by atoms with van der Waals surface area (Å²) in [5.74, 6) is 1.49. The lowest BCUT2D eigenvalue weighted by atomic mass is 9.95. The first-order chi connectivity index (χ1) is 14.0. The van der Waals surface area contributed by atoms with Crippen LogP contribution in [0.3, 0.4) is 0 Å². The van der Waals surface area contributed by atoms with Crippen LogP contribution >= 0.6 is 24.0 Å². The van der Waals surface area contributed by atoms with Gasteiger partial charge in [0.2, 0.25) is 0 Å². The molecule has 1 aliphatic rings. The van der Waals surface area contributed by atoms with Gasteiger partial charge in [-0.05, 0) is 43.9 Å². The summed E-state index contributed by atoms with van der Waals surface area (Å²) in [7, 11) is 2.12. The molecule has 7 nitrogen and oxygen atoms in total. The molecule has 0 radical (unpaired) electrons. The summed E-state index contributed by atoms with van der Waals surface area (Å²) in [4.78, 5) is 16.6. The van der Waals surface area contributed by atoms with E-state index in [1.807, 2.05) is 19.9 Å². The first-order valence-electron chi connectivity index (χ1n) is 10.2. The molecule has 1 aromatic carbocycles. The van der Waals surface area contributed by atoms with Gasteiger partial charge in [-0.15, -0.1) is 24.0 Å². The number of esters is 1. The molecule has 1 aromatic rings. The highest BCUT2D eigenvalue weighted by Gasteiger charge is 2.26. The minimum absolute atomic E-state index is 0. The van der Waals surface area contributed by atoms with Gasteiger partial charge >= 0.3 is 5.97 Å². The number of halogens is 1. The lowest BCUT2D eigenvalue weighted by Crippen LogP contribution is -2.46. The summed E-state index contributed by atoms with van der Waals surface area (Å²) in [6.45, 7) is 5.17. The summed E-state index contributed by atoms with van der Waals surface area (Å²) < 4.78 is 22.3. The molecule has 0 saturated heterocycles. The SMILES string of the molecule is CCNC(=NCc1ccc(OC)c(C(=O)OC)c1)NC1CCCC(S(=O)CC)C1.I. The Labute approximate surface area is 199 Å². The zero-order valence-corrected chi connectivity index (χ0v) is 21.4. The van der Waals surface area contributed by atoms with Gasteiger partial charge in [0.05, 0.1) is 20.8 Å². The largest absolute Gasteiger partial charge is 0.496 e. The van der Waals surface area contributed by atoms with Gasteiger partial charge in [-0.25, -0.2) is 9.79 Å². The number of nitrogens with zero attached hydrogens (tertiary/aromatic N) is 1. The normalized spacial score (nSPS) is 19.9. The first-order valence-corrected chi connectivity index (χ1v) is 11.6. The first kappa shape index (κ1) is 26.7. The number of aliphatic imine (C=N–C) groups is 1. The summed E-state index contributed by atoms with van der Waals surface area (Å²) in [5, 5.41) is 7.03. The second kappa shape index (κ2) is 13.8. The third-order valence-electron chi connectivity index (χ3n) is 5.06. The number of carbonyl (C=O) groups excluding carboxylic acids is 1. The number of ether oxygens (including phenoxy) is 2. The van der Waals surface area contributed by atoms with E-state index in [0.29, 0.717) is 23.6 Å². The van der Waals surface area contributed by atoms with Crippen molar-refractivity contribution in [2.75, 3.05) is 26.5 Å². The molecular formula is C21H34IN3O4S. The zero-order valence-electron chi connectivity index (χ0n) is 18.2. The van der Waals surface area contributed by atoms with E-state index in [1.54, 1.807) is 12.1 Å². The highest BCUT2D eigenvalue weighted by molar-refractivity contribution is 14.0. The van der Waals surface area contributed by atoms with Crippen molar-refractivity contribution in [3.05, 3.63) is 29.3 Å². The number of guanidine groups is 1. The van der Waals surface area contributed by atoms with Gasteiger partial charge in [0.25, 0.3) is 0 Å². The summed E-state index contributed by atoms with van der Waals surface area (Å²) >= 11 is 0. The van der Waals surface area contributed by atoms with Gasteiger partial charge in [0, 0.05) is 34.4 Å². The number of hydrogen-bond donors (Lipinski definition) is 2. The Morgan fingerprint density at radius 3 is 2.67 bits per heavy atom. The number of benzene rings is 1. The Kier molecular flexibility index (Phi) is 12.3. The topological polar surface area (TPSA) is 89.0 Å². The van der Waals surface area contributed by atoms with Crippen molar-refractivity contribution in [2.45, 2.75) is 57.4 Å². The molecule has 0 aromatic heterocycles. The summed E-state index contributed by atoms with van der Waals surface area (Å²) in [6.07, 6.45) is 4.07. The fourth-order valence-corrected chi connectivity index (χ4v) is 4.91. The Balaban J connectivity index is 0.00000450. The Bertz CT molecular complexity index is 745. The molecule has 0 amide bonds.